The van der Waals surface area contributed by atoms with Gasteiger partial charge >= 0.3 is 0 Å². The van der Waals surface area contributed by atoms with Crippen LogP contribution in [0, 0.1) is 0 Å². The Morgan fingerprint density at radius 2 is 2.27 bits per heavy atom. The van der Waals surface area contributed by atoms with Crippen molar-refractivity contribution in [3.63, 3.8) is 0 Å². The number of nitrogens with one attached hydrogen (secondary N) is 1. The Balaban J connectivity index is 2.36. The maximum absolute atomic E-state index is 5.94. The number of hydrogen-bond donors (Lipinski definition) is 1. The van der Waals surface area contributed by atoms with E-state index >= 15 is 0 Å². The fourth-order valence-corrected chi connectivity index (χ4v) is 2.06. The lowest BCUT2D eigenvalue weighted by Crippen LogP contribution is -2.20. The van der Waals surface area contributed by atoms with Gasteiger partial charge in [-0.25, -0.2) is 0 Å². The number of hydrogen-bond acceptors (Lipinski definition) is 2. The van der Waals surface area contributed by atoms with Crippen molar-refractivity contribution in [3.8, 4) is 0 Å². The lowest BCUT2D eigenvalue weighted by atomic mass is 10.1. The highest BCUT2D eigenvalue weighted by Gasteiger charge is 2.03. The van der Waals surface area contributed by atoms with Crippen molar-refractivity contribution in [1.29, 1.82) is 0 Å². The second kappa shape index (κ2) is 7.15. The minimum atomic E-state index is 0.380. The van der Waals surface area contributed by atoms with Gasteiger partial charge in [-0.1, -0.05) is 23.7 Å². The number of halogens is 1. The van der Waals surface area contributed by atoms with Crippen LogP contribution in [0.5, 0.6) is 0 Å². The molecule has 1 aromatic rings. The normalized spacial score (nSPS) is 12.7. The molecule has 0 aromatic heterocycles. The molecular formula is C12H18ClNS. The molecule has 0 aliphatic carbocycles. The first-order valence-corrected chi connectivity index (χ1v) is 6.99. The Morgan fingerprint density at radius 3 is 2.93 bits per heavy atom. The topological polar surface area (TPSA) is 12.0 Å². The molecule has 0 heterocycles. The summed E-state index contributed by atoms with van der Waals surface area (Å²) < 4.78 is 0. The van der Waals surface area contributed by atoms with Gasteiger partial charge in [-0.3, -0.25) is 0 Å². The van der Waals surface area contributed by atoms with E-state index in [2.05, 4.69) is 24.6 Å². The first kappa shape index (κ1) is 12.9. The quantitative estimate of drug-likeness (QED) is 0.764. The van der Waals surface area contributed by atoms with Crippen molar-refractivity contribution in [1.82, 2.24) is 5.32 Å². The molecule has 3 heteroatoms. The van der Waals surface area contributed by atoms with Crippen molar-refractivity contribution in [3.05, 3.63) is 34.9 Å². The summed E-state index contributed by atoms with van der Waals surface area (Å²) in [5.74, 6) is 1.22. The number of benzene rings is 1. The van der Waals surface area contributed by atoms with Crippen LogP contribution < -0.4 is 5.32 Å². The summed E-state index contributed by atoms with van der Waals surface area (Å²) in [6, 6.07) is 8.42. The monoisotopic (exact) mass is 243 g/mol. The largest absolute Gasteiger partial charge is 0.310 e. The zero-order chi connectivity index (χ0) is 11.1. The van der Waals surface area contributed by atoms with Crippen molar-refractivity contribution < 1.29 is 0 Å². The smallest absolute Gasteiger partial charge is 0.0409 e. The summed E-state index contributed by atoms with van der Waals surface area (Å²) in [4.78, 5) is 0. The van der Waals surface area contributed by atoms with E-state index in [0.717, 1.165) is 11.6 Å². The van der Waals surface area contributed by atoms with Gasteiger partial charge in [0.2, 0.25) is 0 Å². The predicted octanol–water partition coefficient (Wildman–Crippen LogP) is 3.74. The van der Waals surface area contributed by atoms with Gasteiger partial charge in [0.1, 0.15) is 0 Å². The second-order valence-electron chi connectivity index (χ2n) is 3.58. The minimum absolute atomic E-state index is 0.380. The molecule has 0 saturated heterocycles. The highest BCUT2D eigenvalue weighted by atomic mass is 35.5. The average molecular weight is 244 g/mol. The van der Waals surface area contributed by atoms with Crippen molar-refractivity contribution in [2.45, 2.75) is 19.4 Å². The molecule has 84 valence electrons. The summed E-state index contributed by atoms with van der Waals surface area (Å²) in [6.45, 7) is 3.24. The molecule has 1 rings (SSSR count). The van der Waals surface area contributed by atoms with Gasteiger partial charge in [-0.05, 0) is 49.6 Å². The fraction of sp³-hybridized carbons (Fsp3) is 0.500. The lowest BCUT2D eigenvalue weighted by Gasteiger charge is -2.14. The van der Waals surface area contributed by atoms with E-state index in [1.54, 1.807) is 0 Å². The third-order valence-electron chi connectivity index (χ3n) is 2.32. The van der Waals surface area contributed by atoms with E-state index in [1.807, 2.05) is 30.0 Å². The van der Waals surface area contributed by atoms with E-state index in [0.29, 0.717) is 6.04 Å². The van der Waals surface area contributed by atoms with Gasteiger partial charge in [0.05, 0.1) is 0 Å². The van der Waals surface area contributed by atoms with Gasteiger partial charge in [0, 0.05) is 11.1 Å². The molecule has 0 aliphatic heterocycles. The van der Waals surface area contributed by atoms with Crippen molar-refractivity contribution in [2.75, 3.05) is 18.6 Å². The van der Waals surface area contributed by atoms with Crippen LogP contribution in [0.2, 0.25) is 5.02 Å². The zero-order valence-electron chi connectivity index (χ0n) is 9.29. The van der Waals surface area contributed by atoms with Gasteiger partial charge < -0.3 is 5.32 Å². The van der Waals surface area contributed by atoms with Crippen LogP contribution in [0.4, 0.5) is 0 Å². The van der Waals surface area contributed by atoms with Crippen LogP contribution in [0.25, 0.3) is 0 Å². The maximum Gasteiger partial charge on any atom is 0.0409 e. The standard InChI is InChI=1S/C12H18ClNS/c1-10(14-7-4-8-15-2)11-5-3-6-12(13)9-11/h3,5-6,9-10,14H,4,7-8H2,1-2H3. The zero-order valence-corrected chi connectivity index (χ0v) is 10.9. The third kappa shape index (κ3) is 4.92. The van der Waals surface area contributed by atoms with Crippen LogP contribution in [0.1, 0.15) is 24.9 Å². The van der Waals surface area contributed by atoms with Crippen molar-refractivity contribution >= 4 is 23.4 Å². The molecule has 0 amide bonds. The second-order valence-corrected chi connectivity index (χ2v) is 5.00. The Hall–Kier alpha value is -0.180. The minimum Gasteiger partial charge on any atom is -0.310 e. The molecule has 0 radical (unpaired) electrons. The Bertz CT molecular complexity index is 291. The van der Waals surface area contributed by atoms with E-state index in [4.69, 9.17) is 11.6 Å². The van der Waals surface area contributed by atoms with E-state index in [9.17, 15) is 0 Å². The van der Waals surface area contributed by atoms with Crippen LogP contribution in [-0.4, -0.2) is 18.6 Å². The van der Waals surface area contributed by atoms with Crippen LogP contribution in [-0.2, 0) is 0 Å². The van der Waals surface area contributed by atoms with Crippen LogP contribution in [0.3, 0.4) is 0 Å². The molecule has 0 saturated carbocycles. The molecule has 1 N–H and O–H groups in total. The van der Waals surface area contributed by atoms with Gasteiger partial charge in [0.15, 0.2) is 0 Å². The summed E-state index contributed by atoms with van der Waals surface area (Å²) >= 11 is 7.83. The fourth-order valence-electron chi connectivity index (χ4n) is 1.43. The molecule has 1 atom stereocenters. The van der Waals surface area contributed by atoms with E-state index in [1.165, 1.54) is 17.7 Å². The molecule has 15 heavy (non-hydrogen) atoms. The molecular weight excluding hydrogens is 226 g/mol. The van der Waals surface area contributed by atoms with Crippen LogP contribution >= 0.6 is 23.4 Å². The number of thioether (sulfide) groups is 1. The first-order chi connectivity index (χ1) is 7.24. The molecule has 0 fully saturated rings. The van der Waals surface area contributed by atoms with E-state index < -0.39 is 0 Å². The molecule has 1 nitrogen and oxygen atoms in total. The molecule has 1 aromatic carbocycles. The predicted molar refractivity (Wildman–Crippen MR) is 70.9 cm³/mol. The summed E-state index contributed by atoms with van der Waals surface area (Å²) in [6.07, 6.45) is 3.35. The molecule has 1 unspecified atom stereocenters. The van der Waals surface area contributed by atoms with Gasteiger partial charge in [-0.15, -0.1) is 0 Å². The van der Waals surface area contributed by atoms with Gasteiger partial charge in [0.25, 0.3) is 0 Å². The van der Waals surface area contributed by atoms with E-state index in [-0.39, 0.29) is 0 Å². The third-order valence-corrected chi connectivity index (χ3v) is 3.26. The summed E-state index contributed by atoms with van der Waals surface area (Å²) in [5.41, 5.74) is 1.26. The summed E-state index contributed by atoms with van der Waals surface area (Å²) in [5, 5.41) is 4.30. The number of rotatable bonds is 6. The molecule has 0 bridgehead atoms. The molecule has 0 aliphatic rings. The Kier molecular flexibility index (Phi) is 6.15. The van der Waals surface area contributed by atoms with Crippen molar-refractivity contribution in [2.24, 2.45) is 0 Å². The lowest BCUT2D eigenvalue weighted by molar-refractivity contribution is 0.572. The molecule has 0 spiro atoms. The SMILES string of the molecule is CSCCCNC(C)c1cccc(Cl)c1. The highest BCUT2D eigenvalue weighted by Crippen LogP contribution is 2.17. The Morgan fingerprint density at radius 1 is 1.47 bits per heavy atom. The Labute approximate surface area is 102 Å². The maximum atomic E-state index is 5.94. The highest BCUT2D eigenvalue weighted by molar-refractivity contribution is 7.98. The first-order valence-electron chi connectivity index (χ1n) is 5.22. The van der Waals surface area contributed by atoms with Crippen LogP contribution in [0.15, 0.2) is 24.3 Å². The average Bonchev–Trinajstić information content (AvgIpc) is 2.24. The van der Waals surface area contributed by atoms with Gasteiger partial charge in [-0.2, -0.15) is 11.8 Å². The summed E-state index contributed by atoms with van der Waals surface area (Å²) in [7, 11) is 0.